The molecule has 1 atom stereocenters. The summed E-state index contributed by atoms with van der Waals surface area (Å²) in [5, 5.41) is 11.4. The standard InChI is InChI=1S/C26H23F3N6O2/c1-2-22(36)35-13-3-4-18(15-35)32-25-23-21(11-12-30-24(23)33-34-25)37-19-8-5-16(6-9-19)20-10-7-17(14-31-20)26(27,28)29/h2,5-12,14,18H,1,3-4,13,15H2,(H2,30,32,33,34)/t18-/m1/s1. The fourth-order valence-electron chi connectivity index (χ4n) is 4.28. The molecule has 4 aromatic rings. The second kappa shape index (κ2) is 9.92. The van der Waals surface area contributed by atoms with Gasteiger partial charge in [-0.25, -0.2) is 4.98 Å². The Bertz CT molecular complexity index is 1420. The molecule has 1 aromatic carbocycles. The van der Waals surface area contributed by atoms with Gasteiger partial charge in [0, 0.05) is 43.2 Å². The number of pyridine rings is 2. The predicted molar refractivity (Wildman–Crippen MR) is 132 cm³/mol. The first-order chi connectivity index (χ1) is 17.8. The highest BCUT2D eigenvalue weighted by Crippen LogP contribution is 2.34. The van der Waals surface area contributed by atoms with E-state index < -0.39 is 11.7 Å². The molecule has 190 valence electrons. The molecule has 0 radical (unpaired) electrons. The summed E-state index contributed by atoms with van der Waals surface area (Å²) < 4.78 is 44.5. The van der Waals surface area contributed by atoms with Gasteiger partial charge in [-0.05, 0) is 55.3 Å². The molecule has 11 heteroatoms. The van der Waals surface area contributed by atoms with Crippen LogP contribution in [0.3, 0.4) is 0 Å². The highest BCUT2D eigenvalue weighted by atomic mass is 19.4. The van der Waals surface area contributed by atoms with E-state index in [1.165, 1.54) is 12.1 Å². The van der Waals surface area contributed by atoms with E-state index in [0.717, 1.165) is 25.1 Å². The van der Waals surface area contributed by atoms with E-state index in [0.29, 0.717) is 52.7 Å². The van der Waals surface area contributed by atoms with E-state index in [2.05, 4.69) is 32.1 Å². The molecule has 1 amide bonds. The number of nitrogens with one attached hydrogen (secondary N) is 2. The van der Waals surface area contributed by atoms with Gasteiger partial charge in [0.05, 0.1) is 11.3 Å². The van der Waals surface area contributed by atoms with Crippen molar-refractivity contribution >= 4 is 22.8 Å². The van der Waals surface area contributed by atoms with Gasteiger partial charge in [-0.1, -0.05) is 6.58 Å². The molecule has 8 nitrogen and oxygen atoms in total. The Hall–Kier alpha value is -4.41. The average molecular weight is 509 g/mol. The van der Waals surface area contributed by atoms with Crippen molar-refractivity contribution < 1.29 is 22.7 Å². The number of aromatic nitrogens is 4. The maximum Gasteiger partial charge on any atom is 0.417 e. The number of hydrogen-bond acceptors (Lipinski definition) is 6. The van der Waals surface area contributed by atoms with Crippen LogP contribution in [0.15, 0.2) is 67.5 Å². The van der Waals surface area contributed by atoms with E-state index >= 15 is 0 Å². The van der Waals surface area contributed by atoms with Crippen molar-refractivity contribution in [1.29, 1.82) is 0 Å². The van der Waals surface area contributed by atoms with Gasteiger partial charge >= 0.3 is 6.18 Å². The van der Waals surface area contributed by atoms with Crippen molar-refractivity contribution in [1.82, 2.24) is 25.1 Å². The van der Waals surface area contributed by atoms with E-state index in [1.54, 1.807) is 41.4 Å². The second-order valence-corrected chi connectivity index (χ2v) is 8.63. The number of carbonyl (C=O) groups is 1. The number of amides is 1. The van der Waals surface area contributed by atoms with Crippen LogP contribution in [0.1, 0.15) is 18.4 Å². The summed E-state index contributed by atoms with van der Waals surface area (Å²) in [6.07, 6.45) is 1.05. The van der Waals surface area contributed by atoms with Crippen LogP contribution in [0.2, 0.25) is 0 Å². The number of fused-ring (bicyclic) bond motifs is 1. The lowest BCUT2D eigenvalue weighted by atomic mass is 10.1. The van der Waals surface area contributed by atoms with Crippen LogP contribution in [0.4, 0.5) is 19.0 Å². The number of likely N-dealkylation sites (tertiary alicyclic amines) is 1. The van der Waals surface area contributed by atoms with Crippen molar-refractivity contribution in [2.24, 2.45) is 0 Å². The summed E-state index contributed by atoms with van der Waals surface area (Å²) in [6, 6.07) is 11.0. The first kappa shape index (κ1) is 24.3. The maximum absolute atomic E-state index is 12.8. The largest absolute Gasteiger partial charge is 0.456 e. The van der Waals surface area contributed by atoms with Crippen molar-refractivity contribution in [3.63, 3.8) is 0 Å². The molecule has 3 aromatic heterocycles. The third-order valence-electron chi connectivity index (χ3n) is 6.14. The summed E-state index contributed by atoms with van der Waals surface area (Å²) in [4.78, 5) is 22.0. The van der Waals surface area contributed by atoms with Crippen LogP contribution in [-0.2, 0) is 11.0 Å². The zero-order valence-electron chi connectivity index (χ0n) is 19.6. The first-order valence-corrected chi connectivity index (χ1v) is 11.6. The molecule has 1 saturated heterocycles. The van der Waals surface area contributed by atoms with E-state index in [-0.39, 0.29) is 11.9 Å². The molecule has 0 unspecified atom stereocenters. The Balaban J connectivity index is 1.34. The number of carbonyl (C=O) groups excluding carboxylic acids is 1. The zero-order valence-corrected chi connectivity index (χ0v) is 19.6. The number of H-pyrrole nitrogens is 1. The predicted octanol–water partition coefficient (Wildman–Crippen LogP) is 5.42. The van der Waals surface area contributed by atoms with Crippen molar-refractivity contribution in [2.45, 2.75) is 25.1 Å². The van der Waals surface area contributed by atoms with Crippen LogP contribution >= 0.6 is 0 Å². The Morgan fingerprint density at radius 1 is 1.16 bits per heavy atom. The molecule has 1 aliphatic heterocycles. The molecule has 0 bridgehead atoms. The number of hydrogen-bond donors (Lipinski definition) is 2. The molecule has 0 aliphatic carbocycles. The lowest BCUT2D eigenvalue weighted by Gasteiger charge is -2.32. The number of ether oxygens (including phenoxy) is 1. The molecule has 37 heavy (non-hydrogen) atoms. The van der Waals surface area contributed by atoms with Crippen molar-refractivity contribution in [3.8, 4) is 22.8 Å². The smallest absolute Gasteiger partial charge is 0.417 e. The monoisotopic (exact) mass is 508 g/mol. The van der Waals surface area contributed by atoms with E-state index in [4.69, 9.17) is 4.74 Å². The van der Waals surface area contributed by atoms with Crippen LogP contribution in [0.25, 0.3) is 22.3 Å². The zero-order chi connectivity index (χ0) is 26.0. The number of anilines is 1. The van der Waals surface area contributed by atoms with Crippen LogP contribution in [0, 0.1) is 0 Å². The maximum atomic E-state index is 12.8. The molecular formula is C26H23F3N6O2. The summed E-state index contributed by atoms with van der Waals surface area (Å²) in [5.74, 6) is 1.52. The molecule has 4 heterocycles. The third-order valence-corrected chi connectivity index (χ3v) is 6.14. The number of alkyl halides is 3. The minimum Gasteiger partial charge on any atom is -0.456 e. The average Bonchev–Trinajstić information content (AvgIpc) is 3.32. The second-order valence-electron chi connectivity index (χ2n) is 8.63. The molecular weight excluding hydrogens is 485 g/mol. The van der Waals surface area contributed by atoms with Crippen molar-refractivity contribution in [3.05, 3.63) is 73.1 Å². The van der Waals surface area contributed by atoms with Gasteiger partial charge in [-0.2, -0.15) is 18.3 Å². The third kappa shape index (κ3) is 5.25. The topological polar surface area (TPSA) is 96.0 Å². The number of benzene rings is 1. The van der Waals surface area contributed by atoms with Crippen LogP contribution in [-0.4, -0.2) is 50.1 Å². The molecule has 2 N–H and O–H groups in total. The van der Waals surface area contributed by atoms with Gasteiger partial charge in [0.25, 0.3) is 0 Å². The summed E-state index contributed by atoms with van der Waals surface area (Å²) in [7, 11) is 0. The minimum absolute atomic E-state index is 0.00715. The quantitative estimate of drug-likeness (QED) is 0.338. The SMILES string of the molecule is C=CC(=O)N1CCC[C@@H](Nc2n[nH]c3nccc(Oc4ccc(-c5ccc(C(F)(F)F)cn5)cc4)c23)C1. The highest BCUT2D eigenvalue weighted by Gasteiger charge is 2.30. The number of halogens is 3. The minimum atomic E-state index is -4.43. The van der Waals surface area contributed by atoms with Gasteiger partial charge < -0.3 is 15.0 Å². The number of aromatic amines is 1. The first-order valence-electron chi connectivity index (χ1n) is 11.6. The Morgan fingerprint density at radius 3 is 2.68 bits per heavy atom. The van der Waals surface area contributed by atoms with Gasteiger partial charge in [-0.15, -0.1) is 0 Å². The summed E-state index contributed by atoms with van der Waals surface area (Å²) in [6.45, 7) is 4.80. The Kier molecular flexibility index (Phi) is 6.51. The molecule has 1 aliphatic rings. The number of rotatable bonds is 6. The normalized spacial score (nSPS) is 16.0. The van der Waals surface area contributed by atoms with E-state index in [9.17, 15) is 18.0 Å². The van der Waals surface area contributed by atoms with Gasteiger partial charge in [0.1, 0.15) is 16.9 Å². The highest BCUT2D eigenvalue weighted by molar-refractivity contribution is 5.93. The lowest BCUT2D eigenvalue weighted by Crippen LogP contribution is -2.44. The summed E-state index contributed by atoms with van der Waals surface area (Å²) in [5.41, 5.74) is 0.822. The van der Waals surface area contributed by atoms with Crippen molar-refractivity contribution in [2.75, 3.05) is 18.4 Å². The summed E-state index contributed by atoms with van der Waals surface area (Å²) >= 11 is 0. The Labute approximate surface area is 210 Å². The fraction of sp³-hybridized carbons (Fsp3) is 0.231. The molecule has 5 rings (SSSR count). The van der Waals surface area contributed by atoms with Gasteiger partial charge in [0.2, 0.25) is 5.91 Å². The molecule has 0 saturated carbocycles. The number of piperidine rings is 1. The van der Waals surface area contributed by atoms with Crippen LogP contribution < -0.4 is 10.1 Å². The number of nitrogens with zero attached hydrogens (tertiary/aromatic N) is 4. The lowest BCUT2D eigenvalue weighted by molar-refractivity contribution is -0.137. The van der Waals surface area contributed by atoms with Gasteiger partial charge in [-0.3, -0.25) is 14.9 Å². The van der Waals surface area contributed by atoms with Gasteiger partial charge in [0.15, 0.2) is 11.5 Å². The van der Waals surface area contributed by atoms with E-state index in [1.807, 2.05) is 0 Å². The fourth-order valence-corrected chi connectivity index (χ4v) is 4.28. The molecule has 1 fully saturated rings. The van der Waals surface area contributed by atoms with Crippen LogP contribution in [0.5, 0.6) is 11.5 Å². The molecule has 0 spiro atoms. The Morgan fingerprint density at radius 2 is 1.97 bits per heavy atom.